The number of hydrogen-bond donors (Lipinski definition) is 1. The second-order valence-electron chi connectivity index (χ2n) is 5.10. The number of carboxylic acids is 1. The Balaban J connectivity index is 1.83. The van der Waals surface area contributed by atoms with Gasteiger partial charge in [0.2, 0.25) is 0 Å². The molecule has 1 aromatic carbocycles. The highest BCUT2D eigenvalue weighted by molar-refractivity contribution is 6.33. The molecule has 6 heteroatoms. The zero-order valence-corrected chi connectivity index (χ0v) is 11.7. The molecular weight excluding hydrogens is 282 g/mol. The molecule has 2 aliphatic rings. The quantitative estimate of drug-likeness (QED) is 0.908. The van der Waals surface area contributed by atoms with E-state index in [1.165, 1.54) is 6.07 Å². The molecule has 1 spiro atoms. The zero-order chi connectivity index (χ0) is 14.2. The lowest BCUT2D eigenvalue weighted by molar-refractivity contribution is -0.161. The maximum atomic E-state index is 10.9. The van der Waals surface area contributed by atoms with Gasteiger partial charge in [0.25, 0.3) is 0 Å². The molecule has 0 aliphatic carbocycles. The van der Waals surface area contributed by atoms with Crippen molar-refractivity contribution in [3.63, 3.8) is 0 Å². The second kappa shape index (κ2) is 5.24. The Morgan fingerprint density at radius 3 is 2.75 bits per heavy atom. The second-order valence-corrected chi connectivity index (χ2v) is 5.51. The van der Waals surface area contributed by atoms with Crippen molar-refractivity contribution in [2.75, 3.05) is 31.2 Å². The number of hydrogen-bond acceptors (Lipinski definition) is 4. The van der Waals surface area contributed by atoms with Crippen molar-refractivity contribution >= 4 is 23.3 Å². The molecule has 20 heavy (non-hydrogen) atoms. The molecule has 0 radical (unpaired) electrons. The van der Waals surface area contributed by atoms with Crippen LogP contribution < -0.4 is 4.90 Å². The largest absolute Gasteiger partial charge is 0.478 e. The normalized spacial score (nSPS) is 21.4. The number of ether oxygens (including phenoxy) is 2. The van der Waals surface area contributed by atoms with Gasteiger partial charge in [-0.05, 0) is 24.6 Å². The Kier molecular flexibility index (Phi) is 3.58. The molecule has 0 aromatic heterocycles. The molecule has 108 valence electrons. The number of halogens is 1. The van der Waals surface area contributed by atoms with E-state index in [2.05, 4.69) is 4.90 Å². The summed E-state index contributed by atoms with van der Waals surface area (Å²) < 4.78 is 11.5. The fourth-order valence-electron chi connectivity index (χ4n) is 2.82. The minimum atomic E-state index is -0.976. The Labute approximate surface area is 122 Å². The molecular formula is C14H16ClNO4. The van der Waals surface area contributed by atoms with Crippen molar-refractivity contribution < 1.29 is 19.4 Å². The van der Waals surface area contributed by atoms with E-state index in [4.69, 9.17) is 26.2 Å². The van der Waals surface area contributed by atoms with Crippen LogP contribution in [0.2, 0.25) is 5.02 Å². The molecule has 0 atom stereocenters. The number of anilines is 1. The summed E-state index contributed by atoms with van der Waals surface area (Å²) in [6.07, 6.45) is 1.84. The Morgan fingerprint density at radius 1 is 1.35 bits per heavy atom. The summed E-state index contributed by atoms with van der Waals surface area (Å²) in [5.74, 6) is -1.50. The topological polar surface area (TPSA) is 59.0 Å². The lowest BCUT2D eigenvalue weighted by Crippen LogP contribution is -2.49. The Bertz CT molecular complexity index is 528. The number of carboxylic acid groups (broad SMARTS) is 1. The van der Waals surface area contributed by atoms with Gasteiger partial charge in [-0.15, -0.1) is 0 Å². The maximum Gasteiger partial charge on any atom is 0.335 e. The predicted molar refractivity (Wildman–Crippen MR) is 74.5 cm³/mol. The van der Waals surface area contributed by atoms with Crippen LogP contribution in [-0.4, -0.2) is 43.2 Å². The number of piperidine rings is 1. The summed E-state index contributed by atoms with van der Waals surface area (Å²) in [6, 6.07) is 4.80. The van der Waals surface area contributed by atoms with Gasteiger partial charge in [-0.2, -0.15) is 0 Å². The molecule has 2 heterocycles. The third-order valence-corrected chi connectivity index (χ3v) is 4.07. The smallest absolute Gasteiger partial charge is 0.335 e. The van der Waals surface area contributed by atoms with Gasteiger partial charge in [0, 0.05) is 13.0 Å². The predicted octanol–water partition coefficient (Wildman–Crippen LogP) is 2.38. The lowest BCUT2D eigenvalue weighted by Gasteiger charge is -2.40. The van der Waals surface area contributed by atoms with Gasteiger partial charge in [-0.1, -0.05) is 11.6 Å². The summed E-state index contributed by atoms with van der Waals surface area (Å²) in [7, 11) is 0. The summed E-state index contributed by atoms with van der Waals surface area (Å²) in [5, 5.41) is 9.41. The van der Waals surface area contributed by atoms with Crippen molar-refractivity contribution in [1.82, 2.24) is 0 Å². The van der Waals surface area contributed by atoms with E-state index in [9.17, 15) is 4.79 Å². The molecule has 0 saturated carbocycles. The third kappa shape index (κ3) is 2.49. The molecule has 0 amide bonds. The maximum absolute atomic E-state index is 10.9. The molecule has 2 saturated heterocycles. The number of aromatic carboxylic acids is 1. The van der Waals surface area contributed by atoms with E-state index in [1.807, 2.05) is 0 Å². The van der Waals surface area contributed by atoms with Crippen molar-refractivity contribution in [2.45, 2.75) is 18.6 Å². The summed E-state index contributed by atoms with van der Waals surface area (Å²) in [5.41, 5.74) is 1.02. The third-order valence-electron chi connectivity index (χ3n) is 3.77. The summed E-state index contributed by atoms with van der Waals surface area (Å²) in [6.45, 7) is 2.73. The minimum Gasteiger partial charge on any atom is -0.478 e. The minimum absolute atomic E-state index is 0.193. The molecule has 2 fully saturated rings. The molecule has 0 unspecified atom stereocenters. The molecule has 2 aliphatic heterocycles. The number of benzene rings is 1. The monoisotopic (exact) mass is 297 g/mol. The van der Waals surface area contributed by atoms with Crippen molar-refractivity contribution in [3.05, 3.63) is 28.8 Å². The Morgan fingerprint density at radius 2 is 2.10 bits per heavy atom. The first-order valence-corrected chi connectivity index (χ1v) is 7.03. The van der Waals surface area contributed by atoms with Crippen LogP contribution in [-0.2, 0) is 9.47 Å². The van der Waals surface area contributed by atoms with E-state index in [1.54, 1.807) is 12.1 Å². The number of rotatable bonds is 2. The molecule has 0 bridgehead atoms. The highest BCUT2D eigenvalue weighted by Crippen LogP contribution is 2.35. The van der Waals surface area contributed by atoms with Crippen LogP contribution in [0.5, 0.6) is 0 Å². The first-order chi connectivity index (χ1) is 9.60. The fraction of sp³-hybridized carbons (Fsp3) is 0.500. The van der Waals surface area contributed by atoms with Crippen molar-refractivity contribution in [3.8, 4) is 0 Å². The van der Waals surface area contributed by atoms with Gasteiger partial charge in [-0.3, -0.25) is 0 Å². The van der Waals surface area contributed by atoms with Crippen LogP contribution in [0.25, 0.3) is 0 Å². The van der Waals surface area contributed by atoms with Crippen molar-refractivity contribution in [1.29, 1.82) is 0 Å². The SMILES string of the molecule is O=C(O)c1ccc(N2CCCC3(C2)OCCO3)c(Cl)c1. The average molecular weight is 298 g/mol. The van der Waals surface area contributed by atoms with Gasteiger partial charge in [0.1, 0.15) is 0 Å². The standard InChI is InChI=1S/C14H16ClNO4/c15-11-8-10(13(17)18)2-3-12(11)16-5-1-4-14(9-16)19-6-7-20-14/h2-3,8H,1,4-7,9H2,(H,17,18). The fourth-order valence-corrected chi connectivity index (χ4v) is 3.12. The summed E-state index contributed by atoms with van der Waals surface area (Å²) in [4.78, 5) is 13.0. The lowest BCUT2D eigenvalue weighted by atomic mass is 10.0. The van der Waals surface area contributed by atoms with Crippen LogP contribution in [0, 0.1) is 0 Å². The number of carbonyl (C=O) groups is 1. The molecule has 5 nitrogen and oxygen atoms in total. The first kappa shape index (κ1) is 13.7. The van der Waals surface area contributed by atoms with E-state index in [0.717, 1.165) is 25.1 Å². The van der Waals surface area contributed by atoms with Gasteiger partial charge < -0.3 is 19.5 Å². The highest BCUT2D eigenvalue weighted by atomic mass is 35.5. The van der Waals surface area contributed by atoms with Crippen LogP contribution in [0.1, 0.15) is 23.2 Å². The zero-order valence-electron chi connectivity index (χ0n) is 11.0. The Hall–Kier alpha value is -1.30. The van der Waals surface area contributed by atoms with Crippen LogP contribution >= 0.6 is 11.6 Å². The van der Waals surface area contributed by atoms with Crippen LogP contribution in [0.15, 0.2) is 18.2 Å². The van der Waals surface area contributed by atoms with E-state index in [-0.39, 0.29) is 5.56 Å². The van der Waals surface area contributed by atoms with Gasteiger partial charge in [-0.25, -0.2) is 4.79 Å². The van der Waals surface area contributed by atoms with Gasteiger partial charge in [0.15, 0.2) is 5.79 Å². The first-order valence-electron chi connectivity index (χ1n) is 6.65. The van der Waals surface area contributed by atoms with Gasteiger partial charge in [0.05, 0.1) is 36.0 Å². The van der Waals surface area contributed by atoms with Crippen molar-refractivity contribution in [2.24, 2.45) is 0 Å². The molecule has 1 aromatic rings. The molecule has 1 N–H and O–H groups in total. The van der Waals surface area contributed by atoms with E-state index in [0.29, 0.717) is 24.8 Å². The van der Waals surface area contributed by atoms with Crippen LogP contribution in [0.3, 0.4) is 0 Å². The summed E-state index contributed by atoms with van der Waals surface area (Å²) >= 11 is 6.22. The highest BCUT2D eigenvalue weighted by Gasteiger charge is 2.41. The van der Waals surface area contributed by atoms with Gasteiger partial charge >= 0.3 is 5.97 Å². The number of nitrogens with zero attached hydrogens (tertiary/aromatic N) is 1. The van der Waals surface area contributed by atoms with E-state index >= 15 is 0 Å². The van der Waals surface area contributed by atoms with Crippen LogP contribution in [0.4, 0.5) is 5.69 Å². The van der Waals surface area contributed by atoms with E-state index < -0.39 is 11.8 Å². The molecule has 3 rings (SSSR count). The average Bonchev–Trinajstić information content (AvgIpc) is 2.86.